The van der Waals surface area contributed by atoms with Gasteiger partial charge < -0.3 is 20.1 Å². The van der Waals surface area contributed by atoms with Crippen molar-refractivity contribution in [1.29, 1.82) is 0 Å². The number of phenols is 2. The lowest BCUT2D eigenvalue weighted by atomic mass is 9.89. The Kier molecular flexibility index (Phi) is 4.20. The Morgan fingerprint density at radius 3 is 2.59 bits per heavy atom. The smallest absolute Gasteiger partial charge is 0.123 e. The van der Waals surface area contributed by atoms with E-state index in [1.165, 1.54) is 0 Å². The largest absolute Gasteiger partial charge is 0.508 e. The SMILES string of the molecule is OCCCc1cc2c(cc1O)CC(c1ccc(O)cc1)CO2. The summed E-state index contributed by atoms with van der Waals surface area (Å²) in [7, 11) is 0. The number of rotatable bonds is 4. The molecule has 3 N–H and O–H groups in total. The van der Waals surface area contributed by atoms with Crippen LogP contribution in [0.4, 0.5) is 0 Å². The van der Waals surface area contributed by atoms with Crippen LogP contribution in [0.25, 0.3) is 0 Å². The van der Waals surface area contributed by atoms with E-state index in [1.807, 2.05) is 18.2 Å². The first-order chi connectivity index (χ1) is 10.7. The molecule has 0 bridgehead atoms. The molecule has 2 aromatic carbocycles. The van der Waals surface area contributed by atoms with Gasteiger partial charge >= 0.3 is 0 Å². The highest BCUT2D eigenvalue weighted by molar-refractivity contribution is 5.48. The lowest BCUT2D eigenvalue weighted by molar-refractivity contribution is 0.261. The Morgan fingerprint density at radius 2 is 1.86 bits per heavy atom. The predicted molar refractivity (Wildman–Crippen MR) is 83.6 cm³/mol. The van der Waals surface area contributed by atoms with E-state index < -0.39 is 0 Å². The summed E-state index contributed by atoms with van der Waals surface area (Å²) in [5.74, 6) is 1.56. The van der Waals surface area contributed by atoms with Crippen molar-refractivity contribution < 1.29 is 20.1 Å². The fourth-order valence-electron chi connectivity index (χ4n) is 2.89. The van der Waals surface area contributed by atoms with Crippen LogP contribution in [-0.4, -0.2) is 28.5 Å². The molecule has 0 saturated carbocycles. The van der Waals surface area contributed by atoms with Gasteiger partial charge in [-0.2, -0.15) is 0 Å². The number of aromatic hydroxyl groups is 2. The van der Waals surface area contributed by atoms with Crippen LogP contribution in [0.15, 0.2) is 36.4 Å². The molecule has 0 amide bonds. The molecule has 1 heterocycles. The molecule has 0 aromatic heterocycles. The summed E-state index contributed by atoms with van der Waals surface area (Å²) in [6.07, 6.45) is 2.07. The fraction of sp³-hybridized carbons (Fsp3) is 0.333. The van der Waals surface area contributed by atoms with Gasteiger partial charge in [0, 0.05) is 12.5 Å². The monoisotopic (exact) mass is 300 g/mol. The molecule has 0 saturated heterocycles. The van der Waals surface area contributed by atoms with E-state index >= 15 is 0 Å². The Labute approximate surface area is 129 Å². The van der Waals surface area contributed by atoms with Crippen LogP contribution in [0.2, 0.25) is 0 Å². The van der Waals surface area contributed by atoms with Gasteiger partial charge in [0.15, 0.2) is 0 Å². The third-order valence-corrected chi connectivity index (χ3v) is 4.14. The molecule has 2 aromatic rings. The van der Waals surface area contributed by atoms with Crippen LogP contribution >= 0.6 is 0 Å². The van der Waals surface area contributed by atoms with Crippen molar-refractivity contribution in [3.63, 3.8) is 0 Å². The minimum atomic E-state index is 0.111. The molecular weight excluding hydrogens is 280 g/mol. The van der Waals surface area contributed by atoms with Crippen LogP contribution < -0.4 is 4.74 Å². The molecule has 0 spiro atoms. The maximum absolute atomic E-state index is 10.1. The fourth-order valence-corrected chi connectivity index (χ4v) is 2.89. The number of aryl methyl sites for hydroxylation is 1. The van der Waals surface area contributed by atoms with E-state index in [4.69, 9.17) is 9.84 Å². The number of hydrogen-bond acceptors (Lipinski definition) is 4. The minimum Gasteiger partial charge on any atom is -0.508 e. The average molecular weight is 300 g/mol. The van der Waals surface area contributed by atoms with E-state index in [9.17, 15) is 10.2 Å². The van der Waals surface area contributed by atoms with Crippen LogP contribution in [0.3, 0.4) is 0 Å². The van der Waals surface area contributed by atoms with Gasteiger partial charge in [-0.1, -0.05) is 12.1 Å². The van der Waals surface area contributed by atoms with E-state index in [0.29, 0.717) is 19.4 Å². The molecule has 0 fully saturated rings. The van der Waals surface area contributed by atoms with E-state index in [1.54, 1.807) is 18.2 Å². The zero-order valence-corrected chi connectivity index (χ0v) is 12.3. The van der Waals surface area contributed by atoms with Crippen LogP contribution in [0, 0.1) is 0 Å². The Morgan fingerprint density at radius 1 is 1.09 bits per heavy atom. The van der Waals surface area contributed by atoms with Crippen molar-refractivity contribution in [3.05, 3.63) is 53.1 Å². The first-order valence-corrected chi connectivity index (χ1v) is 7.54. The molecule has 0 aliphatic carbocycles. The number of aliphatic hydroxyl groups excluding tert-OH is 1. The van der Waals surface area contributed by atoms with Crippen molar-refractivity contribution in [2.75, 3.05) is 13.2 Å². The Balaban J connectivity index is 1.81. The zero-order chi connectivity index (χ0) is 15.5. The predicted octanol–water partition coefficient (Wildman–Crippen LogP) is 2.74. The molecule has 4 heteroatoms. The highest BCUT2D eigenvalue weighted by Gasteiger charge is 2.23. The molecule has 0 radical (unpaired) electrons. The number of phenolic OH excluding ortho intramolecular Hbond substituents is 2. The van der Waals surface area contributed by atoms with Crippen LogP contribution in [0.1, 0.15) is 29.0 Å². The van der Waals surface area contributed by atoms with E-state index in [0.717, 1.165) is 28.9 Å². The molecule has 4 nitrogen and oxygen atoms in total. The van der Waals surface area contributed by atoms with Gasteiger partial charge in [0.2, 0.25) is 0 Å². The Bertz CT molecular complexity index is 649. The van der Waals surface area contributed by atoms with Gasteiger partial charge in [-0.25, -0.2) is 0 Å². The lowest BCUT2D eigenvalue weighted by Crippen LogP contribution is -2.19. The highest BCUT2D eigenvalue weighted by atomic mass is 16.5. The average Bonchev–Trinajstić information content (AvgIpc) is 2.53. The summed E-state index contributed by atoms with van der Waals surface area (Å²) in [4.78, 5) is 0. The zero-order valence-electron chi connectivity index (χ0n) is 12.3. The summed E-state index contributed by atoms with van der Waals surface area (Å²) in [6.45, 7) is 0.697. The number of aliphatic hydroxyl groups is 1. The maximum Gasteiger partial charge on any atom is 0.123 e. The quantitative estimate of drug-likeness (QED) is 0.812. The molecule has 22 heavy (non-hydrogen) atoms. The molecule has 1 aliphatic heterocycles. The summed E-state index contributed by atoms with van der Waals surface area (Å²) in [5.41, 5.74) is 2.93. The Hall–Kier alpha value is -2.20. The summed E-state index contributed by atoms with van der Waals surface area (Å²) in [6, 6.07) is 10.8. The molecule has 1 atom stereocenters. The maximum atomic E-state index is 10.1. The number of fused-ring (bicyclic) bond motifs is 1. The number of ether oxygens (including phenoxy) is 1. The highest BCUT2D eigenvalue weighted by Crippen LogP contribution is 2.37. The van der Waals surface area contributed by atoms with E-state index in [-0.39, 0.29) is 24.0 Å². The van der Waals surface area contributed by atoms with Crippen molar-refractivity contribution >= 4 is 0 Å². The summed E-state index contributed by atoms with van der Waals surface area (Å²) < 4.78 is 5.86. The first kappa shape index (κ1) is 14.7. The van der Waals surface area contributed by atoms with Gasteiger partial charge in [-0.05, 0) is 60.2 Å². The third-order valence-electron chi connectivity index (χ3n) is 4.14. The molecule has 1 aliphatic rings. The van der Waals surface area contributed by atoms with E-state index in [2.05, 4.69) is 0 Å². The van der Waals surface area contributed by atoms with Crippen molar-refractivity contribution in [2.45, 2.75) is 25.2 Å². The lowest BCUT2D eigenvalue weighted by Gasteiger charge is -2.26. The molecule has 116 valence electrons. The van der Waals surface area contributed by atoms with Crippen molar-refractivity contribution in [2.24, 2.45) is 0 Å². The second kappa shape index (κ2) is 6.28. The minimum absolute atomic E-state index is 0.111. The third kappa shape index (κ3) is 3.02. The van der Waals surface area contributed by atoms with Gasteiger partial charge in [0.25, 0.3) is 0 Å². The second-order valence-electron chi connectivity index (χ2n) is 5.72. The number of hydrogen-bond donors (Lipinski definition) is 3. The normalized spacial score (nSPS) is 16.9. The second-order valence-corrected chi connectivity index (χ2v) is 5.72. The topological polar surface area (TPSA) is 69.9 Å². The van der Waals surface area contributed by atoms with Crippen molar-refractivity contribution in [1.82, 2.24) is 0 Å². The molecule has 3 rings (SSSR count). The molecule has 1 unspecified atom stereocenters. The van der Waals surface area contributed by atoms with Crippen LogP contribution in [0.5, 0.6) is 17.2 Å². The van der Waals surface area contributed by atoms with Crippen molar-refractivity contribution in [3.8, 4) is 17.2 Å². The first-order valence-electron chi connectivity index (χ1n) is 7.54. The van der Waals surface area contributed by atoms with Gasteiger partial charge in [-0.15, -0.1) is 0 Å². The summed E-state index contributed by atoms with van der Waals surface area (Å²) >= 11 is 0. The standard InChI is InChI=1S/C18H20O4/c19-7-1-2-13-10-18-14(9-17(13)21)8-15(11-22-18)12-3-5-16(20)6-4-12/h3-6,9-10,15,19-21H,1-2,7-8,11H2. The summed E-state index contributed by atoms with van der Waals surface area (Å²) in [5, 5.41) is 28.4. The molecular formula is C18H20O4. The van der Waals surface area contributed by atoms with Gasteiger partial charge in [-0.3, -0.25) is 0 Å². The van der Waals surface area contributed by atoms with Gasteiger partial charge in [0.05, 0.1) is 6.61 Å². The van der Waals surface area contributed by atoms with Gasteiger partial charge in [0.1, 0.15) is 17.2 Å². The van der Waals surface area contributed by atoms with Crippen LogP contribution in [-0.2, 0) is 12.8 Å². The number of benzene rings is 2.